The van der Waals surface area contributed by atoms with Gasteiger partial charge in [0.25, 0.3) is 0 Å². The van der Waals surface area contributed by atoms with Crippen LogP contribution >= 0.6 is 22.6 Å². The van der Waals surface area contributed by atoms with Crippen molar-refractivity contribution in [2.75, 3.05) is 25.3 Å². The topological polar surface area (TPSA) is 61.8 Å². The van der Waals surface area contributed by atoms with Crippen LogP contribution in [0, 0.1) is 17.3 Å². The van der Waals surface area contributed by atoms with Gasteiger partial charge in [-0.05, 0) is 18.8 Å². The zero-order chi connectivity index (χ0) is 13.3. The molecule has 3 atom stereocenters. The van der Waals surface area contributed by atoms with Crippen molar-refractivity contribution in [2.45, 2.75) is 18.9 Å². The summed E-state index contributed by atoms with van der Waals surface area (Å²) >= 11 is 2.27. The first-order valence-electron chi connectivity index (χ1n) is 5.96. The monoisotopic (exact) mass is 368 g/mol. The highest BCUT2D eigenvalue weighted by atomic mass is 127. The molecule has 0 bridgehead atoms. The van der Waals surface area contributed by atoms with E-state index in [0.29, 0.717) is 19.4 Å². The summed E-state index contributed by atoms with van der Waals surface area (Å²) in [4.78, 5) is 24.3. The molecule has 0 aromatic carbocycles. The molecule has 0 aromatic heterocycles. The molecule has 6 heteroatoms. The molecule has 1 saturated heterocycles. The number of methoxy groups -OCH3 is 2. The van der Waals surface area contributed by atoms with Crippen LogP contribution in [0.5, 0.6) is 0 Å². The number of alkyl halides is 1. The van der Waals surface area contributed by atoms with Gasteiger partial charge >= 0.3 is 11.9 Å². The van der Waals surface area contributed by atoms with Gasteiger partial charge in [0.2, 0.25) is 0 Å². The van der Waals surface area contributed by atoms with Crippen LogP contribution in [0.1, 0.15) is 12.8 Å². The van der Waals surface area contributed by atoms with Crippen molar-refractivity contribution in [1.82, 2.24) is 0 Å². The second-order valence-corrected chi connectivity index (χ2v) is 5.68. The number of esters is 2. The molecular formula is C12H17IO5. The second-order valence-electron chi connectivity index (χ2n) is 4.80. The average Bonchev–Trinajstić information content (AvgIpc) is 2.97. The number of hydrogen-bond donors (Lipinski definition) is 0. The highest BCUT2D eigenvalue weighted by molar-refractivity contribution is 14.1. The standard InChI is InChI=1S/C12H17IO5/c1-16-10(14)12(11(15)17-2)5-7(6-13)9-8(12)3-4-18-9/h7-9H,3-6H2,1-2H3/t7-,8+,9+/m0/s1. The van der Waals surface area contributed by atoms with Gasteiger partial charge in [-0.25, -0.2) is 0 Å². The van der Waals surface area contributed by atoms with Crippen LogP contribution in [-0.4, -0.2) is 43.3 Å². The highest BCUT2D eigenvalue weighted by Crippen LogP contribution is 2.54. The third-order valence-corrected chi connectivity index (χ3v) is 5.25. The van der Waals surface area contributed by atoms with Crippen molar-refractivity contribution in [2.24, 2.45) is 17.3 Å². The minimum Gasteiger partial charge on any atom is -0.468 e. The SMILES string of the molecule is COC(=O)C1(C(=O)OC)C[C@@H](CI)[C@H]2OCC[C@H]21. The first-order valence-corrected chi connectivity index (χ1v) is 7.48. The number of ether oxygens (including phenoxy) is 3. The minimum atomic E-state index is -1.17. The van der Waals surface area contributed by atoms with Gasteiger partial charge in [0.15, 0.2) is 5.41 Å². The zero-order valence-electron chi connectivity index (χ0n) is 10.5. The molecule has 1 heterocycles. The van der Waals surface area contributed by atoms with Gasteiger partial charge in [0, 0.05) is 17.0 Å². The van der Waals surface area contributed by atoms with Gasteiger partial charge in [-0.15, -0.1) is 0 Å². The molecule has 0 radical (unpaired) electrons. The number of halogens is 1. The van der Waals surface area contributed by atoms with E-state index in [2.05, 4.69) is 22.6 Å². The van der Waals surface area contributed by atoms with Crippen molar-refractivity contribution in [3.8, 4) is 0 Å². The summed E-state index contributed by atoms with van der Waals surface area (Å²) in [6.45, 7) is 0.595. The summed E-state index contributed by atoms with van der Waals surface area (Å²) < 4.78 is 16.3. The predicted octanol–water partition coefficient (Wildman–Crippen LogP) is 1.18. The van der Waals surface area contributed by atoms with Crippen molar-refractivity contribution >= 4 is 34.5 Å². The van der Waals surface area contributed by atoms with Crippen molar-refractivity contribution in [1.29, 1.82) is 0 Å². The molecule has 1 aliphatic heterocycles. The van der Waals surface area contributed by atoms with Gasteiger partial charge in [-0.1, -0.05) is 22.6 Å². The smallest absolute Gasteiger partial charge is 0.323 e. The van der Waals surface area contributed by atoms with E-state index in [0.717, 1.165) is 4.43 Å². The molecule has 0 unspecified atom stereocenters. The third kappa shape index (κ3) is 1.84. The van der Waals surface area contributed by atoms with E-state index in [9.17, 15) is 9.59 Å². The summed E-state index contributed by atoms with van der Waals surface area (Å²) in [7, 11) is 2.63. The van der Waals surface area contributed by atoms with E-state index in [1.807, 2.05) is 0 Å². The van der Waals surface area contributed by atoms with Crippen LogP contribution in [0.25, 0.3) is 0 Å². The van der Waals surface area contributed by atoms with Crippen LogP contribution < -0.4 is 0 Å². The summed E-state index contributed by atoms with van der Waals surface area (Å²) in [5, 5.41) is 0. The van der Waals surface area contributed by atoms with Crippen LogP contribution in [0.15, 0.2) is 0 Å². The Morgan fingerprint density at radius 1 is 1.33 bits per heavy atom. The van der Waals surface area contributed by atoms with Gasteiger partial charge in [-0.2, -0.15) is 0 Å². The van der Waals surface area contributed by atoms with E-state index >= 15 is 0 Å². The van der Waals surface area contributed by atoms with Crippen molar-refractivity contribution in [3.63, 3.8) is 0 Å². The molecule has 1 aliphatic carbocycles. The summed E-state index contributed by atoms with van der Waals surface area (Å²) in [6, 6.07) is 0. The Labute approximate surface area is 120 Å². The number of carbonyl (C=O) groups excluding carboxylic acids is 2. The molecule has 5 nitrogen and oxygen atoms in total. The molecule has 2 rings (SSSR count). The van der Waals surface area contributed by atoms with Crippen LogP contribution in [0.4, 0.5) is 0 Å². The fourth-order valence-electron chi connectivity index (χ4n) is 3.34. The molecule has 1 saturated carbocycles. The van der Waals surface area contributed by atoms with Gasteiger partial charge in [0.05, 0.1) is 20.3 Å². The van der Waals surface area contributed by atoms with Crippen LogP contribution in [0.3, 0.4) is 0 Å². The Morgan fingerprint density at radius 2 is 1.94 bits per heavy atom. The molecule has 0 amide bonds. The average molecular weight is 368 g/mol. The van der Waals surface area contributed by atoms with E-state index in [-0.39, 0.29) is 17.9 Å². The molecule has 0 aromatic rings. The third-order valence-electron chi connectivity index (χ3n) is 4.11. The van der Waals surface area contributed by atoms with Crippen molar-refractivity contribution in [3.05, 3.63) is 0 Å². The van der Waals surface area contributed by atoms with Crippen LogP contribution in [-0.2, 0) is 23.8 Å². The molecular weight excluding hydrogens is 351 g/mol. The number of carbonyl (C=O) groups is 2. The fraction of sp³-hybridized carbons (Fsp3) is 0.833. The Bertz CT molecular complexity index is 340. The maximum Gasteiger partial charge on any atom is 0.323 e. The summed E-state index contributed by atoms with van der Waals surface area (Å²) in [5.41, 5.74) is -1.17. The first-order chi connectivity index (χ1) is 8.61. The predicted molar refractivity (Wildman–Crippen MR) is 71.3 cm³/mol. The van der Waals surface area contributed by atoms with E-state index in [4.69, 9.17) is 14.2 Å². The number of fused-ring (bicyclic) bond motifs is 1. The molecule has 18 heavy (non-hydrogen) atoms. The minimum absolute atomic E-state index is 0.0277. The van der Waals surface area contributed by atoms with E-state index < -0.39 is 17.4 Å². The Kier molecular flexibility index (Phi) is 4.15. The maximum absolute atomic E-state index is 12.2. The molecule has 0 N–H and O–H groups in total. The molecule has 102 valence electrons. The normalized spacial score (nSPS) is 32.9. The maximum atomic E-state index is 12.2. The van der Waals surface area contributed by atoms with E-state index in [1.54, 1.807) is 0 Å². The summed E-state index contributed by atoms with van der Waals surface area (Å²) in [5.74, 6) is -0.877. The Hall–Kier alpha value is -0.370. The van der Waals surface area contributed by atoms with Crippen molar-refractivity contribution < 1.29 is 23.8 Å². The number of hydrogen-bond acceptors (Lipinski definition) is 5. The fourth-order valence-corrected chi connectivity index (χ4v) is 4.16. The highest BCUT2D eigenvalue weighted by Gasteiger charge is 2.65. The zero-order valence-corrected chi connectivity index (χ0v) is 12.6. The van der Waals surface area contributed by atoms with Gasteiger partial charge in [-0.3, -0.25) is 9.59 Å². The summed E-state index contributed by atoms with van der Waals surface area (Å²) in [6.07, 6.45) is 1.15. The lowest BCUT2D eigenvalue weighted by Crippen LogP contribution is -2.45. The van der Waals surface area contributed by atoms with Gasteiger partial charge < -0.3 is 14.2 Å². The molecule has 2 fully saturated rings. The Balaban J connectivity index is 2.40. The second kappa shape index (κ2) is 5.32. The quantitative estimate of drug-likeness (QED) is 0.324. The van der Waals surface area contributed by atoms with Gasteiger partial charge in [0.1, 0.15) is 0 Å². The molecule has 2 aliphatic rings. The Morgan fingerprint density at radius 3 is 2.44 bits per heavy atom. The lowest BCUT2D eigenvalue weighted by molar-refractivity contribution is -0.172. The van der Waals surface area contributed by atoms with Crippen LogP contribution in [0.2, 0.25) is 0 Å². The lowest BCUT2D eigenvalue weighted by atomic mass is 9.76. The first kappa shape index (κ1) is 14.0. The lowest BCUT2D eigenvalue weighted by Gasteiger charge is -2.28. The molecule has 0 spiro atoms. The largest absolute Gasteiger partial charge is 0.468 e. The van der Waals surface area contributed by atoms with E-state index in [1.165, 1.54) is 14.2 Å². The number of rotatable bonds is 3.